The molecule has 6 nitrogen and oxygen atoms in total. The Morgan fingerprint density at radius 1 is 0.864 bits per heavy atom. The maximum Gasteiger partial charge on any atom is 0.161 e. The van der Waals surface area contributed by atoms with Crippen LogP contribution in [0.1, 0.15) is 92.6 Å². The number of fused-ring (bicyclic) bond motifs is 7. The third-order valence-corrected chi connectivity index (χ3v) is 9.93. The predicted octanol–water partition coefficient (Wildman–Crippen LogP) is 8.51. The lowest BCUT2D eigenvalue weighted by Gasteiger charge is -2.38. The van der Waals surface area contributed by atoms with Crippen LogP contribution in [0.3, 0.4) is 0 Å². The Bertz CT molecular complexity index is 1690. The number of aliphatic hydroxyl groups is 1. The van der Waals surface area contributed by atoms with Crippen LogP contribution in [-0.2, 0) is 12.8 Å². The van der Waals surface area contributed by atoms with Gasteiger partial charge in [-0.2, -0.15) is 0 Å². The number of hydrogen-bond acceptors (Lipinski definition) is 6. The molecule has 0 saturated heterocycles. The summed E-state index contributed by atoms with van der Waals surface area (Å²) in [5.41, 5.74) is 6.29. The van der Waals surface area contributed by atoms with Crippen LogP contribution in [0.5, 0.6) is 28.7 Å². The molecule has 4 aromatic carbocycles. The summed E-state index contributed by atoms with van der Waals surface area (Å²) in [6.45, 7) is 2.22. The first-order valence-corrected chi connectivity index (χ1v) is 16.3. The zero-order valence-electron chi connectivity index (χ0n) is 25.6. The second-order valence-corrected chi connectivity index (χ2v) is 12.8. The van der Waals surface area contributed by atoms with Crippen molar-refractivity contribution in [1.29, 1.82) is 0 Å². The van der Waals surface area contributed by atoms with Crippen molar-refractivity contribution in [2.24, 2.45) is 0 Å². The molecule has 6 heteroatoms. The van der Waals surface area contributed by atoms with Gasteiger partial charge in [0.05, 0.1) is 19.3 Å². The highest BCUT2D eigenvalue weighted by Gasteiger charge is 2.39. The van der Waals surface area contributed by atoms with Crippen LogP contribution in [0, 0.1) is 0 Å². The zero-order valence-corrected chi connectivity index (χ0v) is 25.6. The van der Waals surface area contributed by atoms with E-state index in [1.54, 1.807) is 13.2 Å². The molecule has 0 amide bonds. The lowest BCUT2D eigenvalue weighted by molar-refractivity contribution is 0.0200. The number of hydrogen-bond donors (Lipinski definition) is 3. The van der Waals surface area contributed by atoms with Gasteiger partial charge in [0.2, 0.25) is 0 Å². The van der Waals surface area contributed by atoms with E-state index in [1.807, 2.05) is 42.5 Å². The number of unbranched alkanes of at least 4 members (excludes halogenated alkanes) is 2. The number of phenols is 2. The van der Waals surface area contributed by atoms with Crippen LogP contribution >= 0.6 is 0 Å². The monoisotopic (exact) mass is 594 g/mol. The number of phenolic OH excluding ortho intramolecular Hbond substituents is 2. The van der Waals surface area contributed by atoms with Crippen LogP contribution in [0.25, 0.3) is 21.9 Å². The lowest BCUT2D eigenvalue weighted by Crippen LogP contribution is -2.32. The van der Waals surface area contributed by atoms with Crippen molar-refractivity contribution in [3.63, 3.8) is 0 Å². The van der Waals surface area contributed by atoms with E-state index < -0.39 is 12.2 Å². The molecule has 4 aromatic rings. The largest absolute Gasteiger partial charge is 0.507 e. The average Bonchev–Trinajstić information content (AvgIpc) is 3.55. The van der Waals surface area contributed by atoms with E-state index in [0.29, 0.717) is 17.9 Å². The van der Waals surface area contributed by atoms with Gasteiger partial charge >= 0.3 is 0 Å². The molecular weight excluding hydrogens is 552 g/mol. The summed E-state index contributed by atoms with van der Waals surface area (Å²) in [7, 11) is 1.70. The van der Waals surface area contributed by atoms with Crippen molar-refractivity contribution in [2.75, 3.05) is 7.11 Å². The molecule has 0 bridgehead atoms. The molecule has 1 fully saturated rings. The van der Waals surface area contributed by atoms with Gasteiger partial charge < -0.3 is 29.5 Å². The molecule has 230 valence electrons. The molecule has 3 aliphatic rings. The molecule has 0 unspecified atom stereocenters. The average molecular weight is 595 g/mol. The standard InChI is InChI=1S/C38H42O6/c1-3-4-5-10-22-17-24-18-30(40)26-13-8-9-14-27(26)36(24)37-34(42-2)21-32-28(35(22)37)20-31(41)38(44-32)23-15-16-29(39)33(19-23)43-25-11-6-7-12-25/h8-9,13-16,18-19,21-22,25,31,38-41H,3-7,10-12,17,20H2,1-2H3/t22-,31-,38+/m1/s1. The first-order valence-electron chi connectivity index (χ1n) is 16.3. The van der Waals surface area contributed by atoms with Crippen molar-refractivity contribution in [1.82, 2.24) is 0 Å². The topological polar surface area (TPSA) is 88.4 Å². The van der Waals surface area contributed by atoms with Crippen molar-refractivity contribution < 1.29 is 29.5 Å². The second-order valence-electron chi connectivity index (χ2n) is 12.8. The van der Waals surface area contributed by atoms with Crippen molar-refractivity contribution >= 4 is 10.8 Å². The fraction of sp³-hybridized carbons (Fsp3) is 0.421. The minimum absolute atomic E-state index is 0.105. The fourth-order valence-corrected chi connectivity index (χ4v) is 7.81. The minimum Gasteiger partial charge on any atom is -0.507 e. The van der Waals surface area contributed by atoms with E-state index in [9.17, 15) is 15.3 Å². The van der Waals surface area contributed by atoms with Crippen molar-refractivity contribution in [3.8, 4) is 39.9 Å². The Balaban J connectivity index is 1.34. The summed E-state index contributed by atoms with van der Waals surface area (Å²) in [6.07, 6.45) is 8.63. The highest BCUT2D eigenvalue weighted by atomic mass is 16.5. The maximum atomic E-state index is 11.7. The number of benzene rings is 4. The first-order chi connectivity index (χ1) is 21.5. The van der Waals surface area contributed by atoms with Gasteiger partial charge in [-0.15, -0.1) is 0 Å². The van der Waals surface area contributed by atoms with Gasteiger partial charge in [-0.1, -0.05) is 56.5 Å². The molecule has 3 N–H and O–H groups in total. The van der Waals surface area contributed by atoms with Gasteiger partial charge in [-0.3, -0.25) is 0 Å². The van der Waals surface area contributed by atoms with E-state index in [-0.39, 0.29) is 17.8 Å². The smallest absolute Gasteiger partial charge is 0.161 e. The third kappa shape index (κ3) is 5.03. The Morgan fingerprint density at radius 3 is 2.43 bits per heavy atom. The van der Waals surface area contributed by atoms with Gasteiger partial charge in [0.15, 0.2) is 11.5 Å². The molecule has 0 aromatic heterocycles. The molecule has 1 saturated carbocycles. The molecule has 7 rings (SSSR count). The highest BCUT2D eigenvalue weighted by molar-refractivity contribution is 6.04. The minimum atomic E-state index is -0.780. The summed E-state index contributed by atoms with van der Waals surface area (Å²) >= 11 is 0. The number of ether oxygens (including phenoxy) is 3. The van der Waals surface area contributed by atoms with E-state index in [1.165, 1.54) is 5.56 Å². The van der Waals surface area contributed by atoms with Crippen molar-refractivity contribution in [3.05, 3.63) is 76.9 Å². The van der Waals surface area contributed by atoms with E-state index >= 15 is 0 Å². The Labute approximate surface area is 259 Å². The Hall–Kier alpha value is -3.90. The van der Waals surface area contributed by atoms with Gasteiger partial charge in [-0.05, 0) is 90.3 Å². The molecule has 44 heavy (non-hydrogen) atoms. The molecule has 1 heterocycles. The lowest BCUT2D eigenvalue weighted by atomic mass is 9.71. The SMILES string of the molecule is CCCCC[C@@H]1Cc2cc(O)c3ccccc3c2-c2c(OC)cc3c(c21)C[C@@H](O)[C@H](c1ccc(O)c(OC2CCCC2)c1)O3. The van der Waals surface area contributed by atoms with Crippen LogP contribution in [0.15, 0.2) is 54.6 Å². The van der Waals surface area contributed by atoms with Gasteiger partial charge in [0.1, 0.15) is 23.4 Å². The third-order valence-electron chi connectivity index (χ3n) is 9.93. The van der Waals surface area contributed by atoms with Gasteiger partial charge in [-0.25, -0.2) is 0 Å². The predicted molar refractivity (Wildman–Crippen MR) is 172 cm³/mol. The Morgan fingerprint density at radius 2 is 1.66 bits per heavy atom. The number of aromatic hydroxyl groups is 2. The van der Waals surface area contributed by atoms with Gasteiger partial charge in [0, 0.05) is 29.0 Å². The van der Waals surface area contributed by atoms with E-state index in [0.717, 1.165) is 108 Å². The number of methoxy groups -OCH3 is 1. The summed E-state index contributed by atoms with van der Waals surface area (Å²) in [6, 6.07) is 17.2. The summed E-state index contributed by atoms with van der Waals surface area (Å²) in [5.74, 6) is 2.53. The van der Waals surface area contributed by atoms with Crippen LogP contribution in [0.4, 0.5) is 0 Å². The van der Waals surface area contributed by atoms with E-state index in [2.05, 4.69) is 13.0 Å². The highest BCUT2D eigenvalue weighted by Crippen LogP contribution is 2.55. The second kappa shape index (κ2) is 11.9. The normalized spacial score (nSPS) is 20.9. The summed E-state index contributed by atoms with van der Waals surface area (Å²) in [4.78, 5) is 0. The summed E-state index contributed by atoms with van der Waals surface area (Å²) in [5, 5.41) is 35.0. The maximum absolute atomic E-state index is 11.7. The van der Waals surface area contributed by atoms with Crippen LogP contribution in [0.2, 0.25) is 0 Å². The molecule has 0 spiro atoms. The number of rotatable bonds is 8. The molecule has 0 radical (unpaired) electrons. The Kier molecular flexibility index (Phi) is 7.79. The van der Waals surface area contributed by atoms with Gasteiger partial charge in [0.25, 0.3) is 0 Å². The molecular formula is C38H42O6. The fourth-order valence-electron chi connectivity index (χ4n) is 7.81. The zero-order chi connectivity index (χ0) is 30.4. The first kappa shape index (κ1) is 28.8. The quantitative estimate of drug-likeness (QED) is 0.177. The summed E-state index contributed by atoms with van der Waals surface area (Å²) < 4.78 is 18.9. The van der Waals surface area contributed by atoms with Crippen LogP contribution in [-0.4, -0.2) is 34.6 Å². The van der Waals surface area contributed by atoms with Crippen molar-refractivity contribution in [2.45, 2.75) is 95.4 Å². The number of aliphatic hydroxyl groups excluding tert-OH is 1. The van der Waals surface area contributed by atoms with E-state index in [4.69, 9.17) is 14.2 Å². The molecule has 2 aliphatic carbocycles. The molecule has 1 aliphatic heterocycles. The molecule has 3 atom stereocenters. The van der Waals surface area contributed by atoms with Crippen LogP contribution < -0.4 is 14.2 Å².